The van der Waals surface area contributed by atoms with Gasteiger partial charge in [0.15, 0.2) is 0 Å². The Bertz CT molecular complexity index is 680. The standard InChI is InChI=1S/C14H9FN2/c15-11-6-2-1-5-10(11)14-9-16-12-7-3-4-8-13(12)17-14/h1-9H. The number of halogens is 1. The Morgan fingerprint density at radius 2 is 1.53 bits per heavy atom. The Kier molecular flexibility index (Phi) is 2.29. The molecule has 0 unspecified atom stereocenters. The number of nitrogens with zero attached hydrogens (tertiary/aromatic N) is 2. The van der Waals surface area contributed by atoms with Crippen LogP contribution in [0.2, 0.25) is 0 Å². The van der Waals surface area contributed by atoms with Gasteiger partial charge < -0.3 is 0 Å². The Hall–Kier alpha value is -2.29. The van der Waals surface area contributed by atoms with Gasteiger partial charge in [0, 0.05) is 5.56 Å². The zero-order chi connectivity index (χ0) is 11.7. The van der Waals surface area contributed by atoms with E-state index in [1.54, 1.807) is 24.4 Å². The summed E-state index contributed by atoms with van der Waals surface area (Å²) >= 11 is 0. The van der Waals surface area contributed by atoms with Gasteiger partial charge >= 0.3 is 0 Å². The van der Waals surface area contributed by atoms with Crippen LogP contribution in [-0.2, 0) is 0 Å². The lowest BCUT2D eigenvalue weighted by atomic mass is 10.1. The van der Waals surface area contributed by atoms with Crippen molar-refractivity contribution in [2.75, 3.05) is 0 Å². The highest BCUT2D eigenvalue weighted by Gasteiger charge is 2.06. The number of hydrogen-bond acceptors (Lipinski definition) is 2. The van der Waals surface area contributed by atoms with E-state index in [9.17, 15) is 4.39 Å². The summed E-state index contributed by atoms with van der Waals surface area (Å²) in [5.41, 5.74) is 2.62. The van der Waals surface area contributed by atoms with Crippen LogP contribution < -0.4 is 0 Å². The van der Waals surface area contributed by atoms with Crippen molar-refractivity contribution in [3.63, 3.8) is 0 Å². The highest BCUT2D eigenvalue weighted by molar-refractivity contribution is 5.76. The van der Waals surface area contributed by atoms with Gasteiger partial charge in [-0.25, -0.2) is 9.37 Å². The molecule has 0 bridgehead atoms. The highest BCUT2D eigenvalue weighted by atomic mass is 19.1. The third kappa shape index (κ3) is 1.76. The first-order chi connectivity index (χ1) is 8.34. The summed E-state index contributed by atoms with van der Waals surface area (Å²) in [6, 6.07) is 14.1. The van der Waals surface area contributed by atoms with Crippen molar-refractivity contribution >= 4 is 11.0 Å². The van der Waals surface area contributed by atoms with Crippen molar-refractivity contribution < 1.29 is 4.39 Å². The van der Waals surface area contributed by atoms with Crippen LogP contribution in [0.3, 0.4) is 0 Å². The number of benzene rings is 2. The molecule has 0 saturated heterocycles. The van der Waals surface area contributed by atoms with Crippen LogP contribution in [0.5, 0.6) is 0 Å². The summed E-state index contributed by atoms with van der Waals surface area (Å²) in [6.07, 6.45) is 1.60. The first-order valence-electron chi connectivity index (χ1n) is 5.31. The van der Waals surface area contributed by atoms with E-state index >= 15 is 0 Å². The molecule has 3 rings (SSSR count). The molecule has 0 radical (unpaired) electrons. The number of rotatable bonds is 1. The molecule has 17 heavy (non-hydrogen) atoms. The quantitative estimate of drug-likeness (QED) is 0.632. The van der Waals surface area contributed by atoms with Crippen LogP contribution in [-0.4, -0.2) is 9.97 Å². The Morgan fingerprint density at radius 1 is 0.824 bits per heavy atom. The molecular formula is C14H9FN2. The van der Waals surface area contributed by atoms with Crippen molar-refractivity contribution in [2.45, 2.75) is 0 Å². The second-order valence-corrected chi connectivity index (χ2v) is 3.72. The zero-order valence-electron chi connectivity index (χ0n) is 8.97. The van der Waals surface area contributed by atoms with Crippen LogP contribution in [0.1, 0.15) is 0 Å². The number of para-hydroxylation sites is 2. The first kappa shape index (κ1) is 9.90. The van der Waals surface area contributed by atoms with E-state index in [2.05, 4.69) is 9.97 Å². The second kappa shape index (κ2) is 3.94. The van der Waals surface area contributed by atoms with Crippen molar-refractivity contribution in [3.8, 4) is 11.3 Å². The molecule has 2 nitrogen and oxygen atoms in total. The maximum atomic E-state index is 13.6. The predicted molar refractivity (Wildman–Crippen MR) is 64.9 cm³/mol. The maximum absolute atomic E-state index is 13.6. The van der Waals surface area contributed by atoms with Gasteiger partial charge in [-0.05, 0) is 24.3 Å². The van der Waals surface area contributed by atoms with Gasteiger partial charge in [-0.15, -0.1) is 0 Å². The summed E-state index contributed by atoms with van der Waals surface area (Å²) in [4.78, 5) is 8.67. The van der Waals surface area contributed by atoms with Crippen LogP contribution in [0.15, 0.2) is 54.7 Å². The van der Waals surface area contributed by atoms with Gasteiger partial charge in [-0.2, -0.15) is 0 Å². The molecule has 3 heteroatoms. The smallest absolute Gasteiger partial charge is 0.132 e. The maximum Gasteiger partial charge on any atom is 0.132 e. The fourth-order valence-corrected chi connectivity index (χ4v) is 1.76. The first-order valence-corrected chi connectivity index (χ1v) is 5.31. The van der Waals surface area contributed by atoms with Crippen molar-refractivity contribution in [1.82, 2.24) is 9.97 Å². The fraction of sp³-hybridized carbons (Fsp3) is 0. The van der Waals surface area contributed by atoms with E-state index in [4.69, 9.17) is 0 Å². The van der Waals surface area contributed by atoms with Gasteiger partial charge in [0.1, 0.15) is 5.82 Å². The molecule has 82 valence electrons. The highest BCUT2D eigenvalue weighted by Crippen LogP contribution is 2.21. The summed E-state index contributed by atoms with van der Waals surface area (Å²) in [7, 11) is 0. The molecule has 1 aromatic heterocycles. The van der Waals surface area contributed by atoms with E-state index in [1.165, 1.54) is 6.07 Å². The molecule has 2 aromatic carbocycles. The van der Waals surface area contributed by atoms with Crippen LogP contribution in [0.25, 0.3) is 22.3 Å². The molecule has 0 atom stereocenters. The van der Waals surface area contributed by atoms with Gasteiger partial charge in [0.2, 0.25) is 0 Å². The van der Waals surface area contributed by atoms with Crippen LogP contribution in [0, 0.1) is 5.82 Å². The van der Waals surface area contributed by atoms with Crippen molar-refractivity contribution in [2.24, 2.45) is 0 Å². The minimum absolute atomic E-state index is 0.280. The topological polar surface area (TPSA) is 25.8 Å². The molecule has 0 amide bonds. The van der Waals surface area contributed by atoms with Crippen molar-refractivity contribution in [3.05, 3.63) is 60.5 Å². The van der Waals surface area contributed by atoms with E-state index in [0.717, 1.165) is 11.0 Å². The molecule has 0 spiro atoms. The summed E-state index contributed by atoms with van der Waals surface area (Å²) in [6.45, 7) is 0. The average Bonchev–Trinajstić information content (AvgIpc) is 2.39. The second-order valence-electron chi connectivity index (χ2n) is 3.72. The number of aromatic nitrogens is 2. The number of hydrogen-bond donors (Lipinski definition) is 0. The lowest BCUT2D eigenvalue weighted by molar-refractivity contribution is 0.630. The molecule has 0 N–H and O–H groups in total. The van der Waals surface area contributed by atoms with Crippen molar-refractivity contribution in [1.29, 1.82) is 0 Å². The minimum Gasteiger partial charge on any atom is -0.252 e. The number of fused-ring (bicyclic) bond motifs is 1. The van der Waals surface area contributed by atoms with Gasteiger partial charge in [0.25, 0.3) is 0 Å². The molecule has 0 saturated carbocycles. The van der Waals surface area contributed by atoms with Crippen LogP contribution in [0.4, 0.5) is 4.39 Å². The third-order valence-corrected chi connectivity index (χ3v) is 2.60. The SMILES string of the molecule is Fc1ccccc1-c1cnc2ccccc2n1. The largest absolute Gasteiger partial charge is 0.252 e. The van der Waals surface area contributed by atoms with E-state index < -0.39 is 0 Å². The summed E-state index contributed by atoms with van der Waals surface area (Å²) in [5.74, 6) is -0.280. The van der Waals surface area contributed by atoms with Gasteiger partial charge in [0.05, 0.1) is 22.9 Å². The Morgan fingerprint density at radius 3 is 2.35 bits per heavy atom. The predicted octanol–water partition coefficient (Wildman–Crippen LogP) is 3.44. The lowest BCUT2D eigenvalue weighted by Crippen LogP contribution is -1.90. The molecule has 3 aromatic rings. The molecule has 0 aliphatic carbocycles. The summed E-state index contributed by atoms with van der Waals surface area (Å²) in [5, 5.41) is 0. The van der Waals surface area contributed by atoms with E-state index in [-0.39, 0.29) is 5.82 Å². The molecular weight excluding hydrogens is 215 g/mol. The third-order valence-electron chi connectivity index (χ3n) is 2.60. The summed E-state index contributed by atoms with van der Waals surface area (Å²) < 4.78 is 13.6. The van der Waals surface area contributed by atoms with E-state index in [1.807, 2.05) is 24.3 Å². The Balaban J connectivity index is 2.22. The van der Waals surface area contributed by atoms with Gasteiger partial charge in [-0.3, -0.25) is 4.98 Å². The fourth-order valence-electron chi connectivity index (χ4n) is 1.76. The van der Waals surface area contributed by atoms with E-state index in [0.29, 0.717) is 11.3 Å². The molecule has 0 aliphatic rings. The molecule has 0 aliphatic heterocycles. The minimum atomic E-state index is -0.280. The molecule has 0 fully saturated rings. The average molecular weight is 224 g/mol. The van der Waals surface area contributed by atoms with Crippen LogP contribution >= 0.6 is 0 Å². The van der Waals surface area contributed by atoms with Gasteiger partial charge in [-0.1, -0.05) is 24.3 Å². The Labute approximate surface area is 97.8 Å². The zero-order valence-corrected chi connectivity index (χ0v) is 8.97. The normalized spacial score (nSPS) is 10.6. The monoisotopic (exact) mass is 224 g/mol. The molecule has 1 heterocycles. The lowest BCUT2D eigenvalue weighted by Gasteiger charge is -2.03.